The molecule has 0 atom stereocenters. The summed E-state index contributed by atoms with van der Waals surface area (Å²) >= 11 is 2.21. The summed E-state index contributed by atoms with van der Waals surface area (Å²) in [6.07, 6.45) is 0. The highest BCUT2D eigenvalue weighted by atomic mass is 127. The minimum absolute atomic E-state index is 0.391. The number of ether oxygens (including phenoxy) is 1. The Kier molecular flexibility index (Phi) is 7.63. The van der Waals surface area contributed by atoms with Crippen LogP contribution in [0.4, 0.5) is 17.1 Å². The van der Waals surface area contributed by atoms with E-state index < -0.39 is 5.97 Å². The van der Waals surface area contributed by atoms with Crippen LogP contribution in [0.2, 0.25) is 0 Å². The number of para-hydroxylation sites is 2. The van der Waals surface area contributed by atoms with Crippen LogP contribution < -0.4 is 9.64 Å². The molecule has 0 spiro atoms. The van der Waals surface area contributed by atoms with Crippen molar-refractivity contribution in [3.63, 3.8) is 0 Å². The smallest absolute Gasteiger partial charge is 0.343 e. The molecule has 0 fully saturated rings. The molecule has 5 rings (SSSR count). The third-order valence-electron chi connectivity index (χ3n) is 5.65. The molecular formula is C33H22INO2. The molecule has 178 valence electrons. The van der Waals surface area contributed by atoms with Crippen LogP contribution in [0.15, 0.2) is 133 Å². The van der Waals surface area contributed by atoms with Crippen molar-refractivity contribution in [2.45, 2.75) is 0 Å². The zero-order valence-corrected chi connectivity index (χ0v) is 22.0. The molecule has 3 nitrogen and oxygen atoms in total. The Morgan fingerprint density at radius 3 is 1.54 bits per heavy atom. The van der Waals surface area contributed by atoms with Gasteiger partial charge in [0.2, 0.25) is 0 Å². The lowest BCUT2D eigenvalue weighted by Crippen LogP contribution is -2.09. The van der Waals surface area contributed by atoms with Gasteiger partial charge >= 0.3 is 5.97 Å². The first-order chi connectivity index (χ1) is 18.2. The SMILES string of the molecule is O=C(Oc1ccc(I)cc1)c1ccc(C#Cc2ccc(N(c3ccccc3)c3ccccc3)cc2)cc1. The summed E-state index contributed by atoms with van der Waals surface area (Å²) in [6, 6.07) is 43.3. The summed E-state index contributed by atoms with van der Waals surface area (Å²) in [5.74, 6) is 6.53. The van der Waals surface area contributed by atoms with E-state index in [4.69, 9.17) is 4.74 Å². The van der Waals surface area contributed by atoms with Crippen LogP contribution in [0, 0.1) is 15.4 Å². The minimum Gasteiger partial charge on any atom is -0.423 e. The molecule has 0 aliphatic carbocycles. The fourth-order valence-electron chi connectivity index (χ4n) is 3.80. The van der Waals surface area contributed by atoms with E-state index in [1.807, 2.05) is 72.8 Å². The number of carbonyl (C=O) groups excluding carboxylic acids is 1. The molecule has 0 saturated heterocycles. The van der Waals surface area contributed by atoms with E-state index in [1.165, 1.54) is 0 Å². The van der Waals surface area contributed by atoms with Crippen molar-refractivity contribution in [1.29, 1.82) is 0 Å². The summed E-state index contributed by atoms with van der Waals surface area (Å²) in [5, 5.41) is 0. The van der Waals surface area contributed by atoms with E-state index in [0.717, 1.165) is 31.8 Å². The lowest BCUT2D eigenvalue weighted by atomic mass is 10.1. The number of hydrogen-bond acceptors (Lipinski definition) is 3. The van der Waals surface area contributed by atoms with Crippen LogP contribution in [0.1, 0.15) is 21.5 Å². The zero-order chi connectivity index (χ0) is 25.5. The largest absolute Gasteiger partial charge is 0.423 e. The third-order valence-corrected chi connectivity index (χ3v) is 6.37. The Morgan fingerprint density at radius 2 is 1.03 bits per heavy atom. The van der Waals surface area contributed by atoms with Gasteiger partial charge < -0.3 is 9.64 Å². The second-order valence-corrected chi connectivity index (χ2v) is 9.47. The molecule has 0 bridgehead atoms. The van der Waals surface area contributed by atoms with E-state index in [2.05, 4.69) is 75.7 Å². The number of rotatable bonds is 5. The highest BCUT2D eigenvalue weighted by Crippen LogP contribution is 2.34. The first-order valence-corrected chi connectivity index (χ1v) is 12.8. The van der Waals surface area contributed by atoms with Crippen molar-refractivity contribution in [1.82, 2.24) is 0 Å². The topological polar surface area (TPSA) is 29.5 Å². The maximum absolute atomic E-state index is 12.4. The zero-order valence-electron chi connectivity index (χ0n) is 19.8. The number of esters is 1. The molecule has 0 heterocycles. The number of halogens is 1. The van der Waals surface area contributed by atoms with Gasteiger partial charge in [-0.25, -0.2) is 4.79 Å². The molecule has 0 unspecified atom stereocenters. The van der Waals surface area contributed by atoms with Crippen LogP contribution >= 0.6 is 22.6 Å². The van der Waals surface area contributed by atoms with Gasteiger partial charge in [0.15, 0.2) is 0 Å². The van der Waals surface area contributed by atoms with Crippen molar-refractivity contribution >= 4 is 45.6 Å². The van der Waals surface area contributed by atoms with Gasteiger partial charge in [0.05, 0.1) is 5.56 Å². The second kappa shape index (κ2) is 11.6. The molecule has 5 aromatic rings. The molecule has 0 aliphatic heterocycles. The first kappa shape index (κ1) is 24.4. The van der Waals surface area contributed by atoms with Crippen LogP contribution in [0.25, 0.3) is 0 Å². The standard InChI is InChI=1S/C33H22INO2/c34-28-19-23-32(24-20-28)37-33(36)27-17-13-25(14-18-27)11-12-26-15-21-31(22-16-26)35(29-7-3-1-4-8-29)30-9-5-2-6-10-30/h1-10,13-24H. The number of anilines is 3. The van der Waals surface area contributed by atoms with E-state index in [-0.39, 0.29) is 0 Å². The molecule has 0 saturated carbocycles. The Balaban J connectivity index is 1.30. The predicted molar refractivity (Wildman–Crippen MR) is 158 cm³/mol. The highest BCUT2D eigenvalue weighted by molar-refractivity contribution is 14.1. The van der Waals surface area contributed by atoms with Gasteiger partial charge in [-0.15, -0.1) is 0 Å². The van der Waals surface area contributed by atoms with E-state index in [1.54, 1.807) is 24.3 Å². The van der Waals surface area contributed by atoms with Crippen LogP contribution in [0.5, 0.6) is 5.75 Å². The number of nitrogens with zero attached hydrogens (tertiary/aromatic N) is 1. The van der Waals surface area contributed by atoms with Crippen LogP contribution in [-0.4, -0.2) is 5.97 Å². The number of carbonyl (C=O) groups is 1. The fraction of sp³-hybridized carbons (Fsp3) is 0. The van der Waals surface area contributed by atoms with Gasteiger partial charge in [0.25, 0.3) is 0 Å². The monoisotopic (exact) mass is 591 g/mol. The summed E-state index contributed by atoms with van der Waals surface area (Å²) in [6.45, 7) is 0. The average molecular weight is 591 g/mol. The van der Waals surface area contributed by atoms with Gasteiger partial charge in [0, 0.05) is 31.8 Å². The summed E-state index contributed by atoms with van der Waals surface area (Å²) in [5.41, 5.74) is 5.45. The van der Waals surface area contributed by atoms with E-state index in [0.29, 0.717) is 11.3 Å². The quantitative estimate of drug-likeness (QED) is 0.0891. The third kappa shape index (κ3) is 6.27. The molecule has 5 aromatic carbocycles. The van der Waals surface area contributed by atoms with Gasteiger partial charge in [-0.2, -0.15) is 0 Å². The number of benzene rings is 5. The van der Waals surface area contributed by atoms with Gasteiger partial charge in [0.1, 0.15) is 5.75 Å². The molecule has 0 amide bonds. The molecule has 4 heteroatoms. The second-order valence-electron chi connectivity index (χ2n) is 8.22. The van der Waals surface area contributed by atoms with Gasteiger partial charge in [-0.05, 0) is 120 Å². The highest BCUT2D eigenvalue weighted by Gasteiger charge is 2.11. The molecule has 37 heavy (non-hydrogen) atoms. The predicted octanol–water partition coefficient (Wildman–Crippen LogP) is 8.38. The Labute approximate surface area is 230 Å². The van der Waals surface area contributed by atoms with Gasteiger partial charge in [-0.1, -0.05) is 48.2 Å². The molecule has 0 N–H and O–H groups in total. The molecule has 0 aromatic heterocycles. The Bertz CT molecular complexity index is 1500. The maximum Gasteiger partial charge on any atom is 0.343 e. The Hall–Kier alpha value is -4.34. The van der Waals surface area contributed by atoms with Crippen molar-refractivity contribution in [2.24, 2.45) is 0 Å². The number of hydrogen-bond donors (Lipinski definition) is 0. The van der Waals surface area contributed by atoms with Gasteiger partial charge in [-0.3, -0.25) is 0 Å². The lowest BCUT2D eigenvalue weighted by molar-refractivity contribution is 0.0734. The Morgan fingerprint density at radius 1 is 0.568 bits per heavy atom. The molecule has 0 radical (unpaired) electrons. The van der Waals surface area contributed by atoms with E-state index in [9.17, 15) is 4.79 Å². The minimum atomic E-state index is -0.391. The molecular weight excluding hydrogens is 569 g/mol. The van der Waals surface area contributed by atoms with E-state index >= 15 is 0 Å². The lowest BCUT2D eigenvalue weighted by Gasteiger charge is -2.25. The maximum atomic E-state index is 12.4. The van der Waals surface area contributed by atoms with Crippen molar-refractivity contribution in [3.8, 4) is 17.6 Å². The summed E-state index contributed by atoms with van der Waals surface area (Å²) < 4.78 is 6.52. The van der Waals surface area contributed by atoms with Crippen molar-refractivity contribution in [2.75, 3.05) is 4.90 Å². The summed E-state index contributed by atoms with van der Waals surface area (Å²) in [4.78, 5) is 14.6. The summed E-state index contributed by atoms with van der Waals surface area (Å²) in [7, 11) is 0. The normalized spacial score (nSPS) is 10.2. The van der Waals surface area contributed by atoms with Crippen molar-refractivity contribution < 1.29 is 9.53 Å². The van der Waals surface area contributed by atoms with Crippen LogP contribution in [0.3, 0.4) is 0 Å². The fourth-order valence-corrected chi connectivity index (χ4v) is 4.16. The molecule has 0 aliphatic rings. The first-order valence-electron chi connectivity index (χ1n) is 11.8. The average Bonchev–Trinajstić information content (AvgIpc) is 2.95. The van der Waals surface area contributed by atoms with Crippen molar-refractivity contribution in [3.05, 3.63) is 154 Å². The van der Waals surface area contributed by atoms with Crippen LogP contribution in [-0.2, 0) is 0 Å².